The van der Waals surface area contributed by atoms with E-state index < -0.39 is 15.8 Å². The van der Waals surface area contributed by atoms with Gasteiger partial charge in [0.1, 0.15) is 5.82 Å². The van der Waals surface area contributed by atoms with Crippen LogP contribution in [0.3, 0.4) is 0 Å². The second kappa shape index (κ2) is 5.50. The molecule has 4 nitrogen and oxygen atoms in total. The maximum absolute atomic E-state index is 13.2. The number of halogens is 1. The van der Waals surface area contributed by atoms with E-state index in [1.807, 2.05) is 0 Å². The first-order chi connectivity index (χ1) is 9.38. The second-order valence-electron chi connectivity index (χ2n) is 4.45. The molecule has 6 heteroatoms. The average molecular weight is 294 g/mol. The molecule has 0 aliphatic rings. The Bertz CT molecular complexity index is 699. The van der Waals surface area contributed by atoms with E-state index in [0.29, 0.717) is 16.9 Å². The predicted molar refractivity (Wildman–Crippen MR) is 78.3 cm³/mol. The van der Waals surface area contributed by atoms with E-state index in [2.05, 4.69) is 0 Å². The van der Waals surface area contributed by atoms with Crippen LogP contribution in [0.4, 0.5) is 15.8 Å². The minimum Gasteiger partial charge on any atom is -0.399 e. The largest absolute Gasteiger partial charge is 0.399 e. The van der Waals surface area contributed by atoms with Crippen LogP contribution < -0.4 is 10.0 Å². The summed E-state index contributed by atoms with van der Waals surface area (Å²) in [5, 5.41) is 0. The van der Waals surface area contributed by atoms with Gasteiger partial charge in [-0.15, -0.1) is 0 Å². The molecule has 0 atom stereocenters. The summed E-state index contributed by atoms with van der Waals surface area (Å²) in [6.45, 7) is 0. The molecule has 0 unspecified atom stereocenters. The summed E-state index contributed by atoms with van der Waals surface area (Å²) in [5.74, 6) is -0.641. The Hall–Kier alpha value is -2.08. The van der Waals surface area contributed by atoms with E-state index in [0.717, 1.165) is 4.31 Å². The highest BCUT2D eigenvalue weighted by Gasteiger charge is 2.19. The van der Waals surface area contributed by atoms with Gasteiger partial charge in [0.2, 0.25) is 10.0 Å². The summed E-state index contributed by atoms with van der Waals surface area (Å²) in [6, 6.07) is 12.1. The van der Waals surface area contributed by atoms with Crippen LogP contribution in [-0.4, -0.2) is 15.5 Å². The number of nitrogens with zero attached hydrogens (tertiary/aromatic N) is 1. The molecule has 2 rings (SSSR count). The lowest BCUT2D eigenvalue weighted by molar-refractivity contribution is 0.593. The molecule has 0 amide bonds. The Morgan fingerprint density at radius 1 is 1.15 bits per heavy atom. The number of rotatable bonds is 4. The number of hydrogen-bond donors (Lipinski definition) is 1. The standard InChI is InChI=1S/C14H15FN2O2S/c1-17(14-4-2-3-12(15)9-14)20(18,19)10-11-5-7-13(16)8-6-11/h2-9H,10,16H2,1H3. The van der Waals surface area contributed by atoms with Crippen LogP contribution in [0.25, 0.3) is 0 Å². The van der Waals surface area contributed by atoms with Crippen molar-refractivity contribution in [1.82, 2.24) is 0 Å². The van der Waals surface area contributed by atoms with Crippen molar-refractivity contribution in [2.75, 3.05) is 17.1 Å². The molecule has 0 aliphatic heterocycles. The van der Waals surface area contributed by atoms with Crippen LogP contribution in [-0.2, 0) is 15.8 Å². The van der Waals surface area contributed by atoms with Crippen LogP contribution in [0, 0.1) is 5.82 Å². The Morgan fingerprint density at radius 3 is 2.40 bits per heavy atom. The molecule has 0 spiro atoms. The van der Waals surface area contributed by atoms with Crippen LogP contribution in [0.15, 0.2) is 48.5 Å². The molecule has 0 aliphatic carbocycles. The van der Waals surface area contributed by atoms with Gasteiger partial charge in [0, 0.05) is 12.7 Å². The van der Waals surface area contributed by atoms with Gasteiger partial charge in [0.25, 0.3) is 0 Å². The van der Waals surface area contributed by atoms with Gasteiger partial charge < -0.3 is 5.73 Å². The lowest BCUT2D eigenvalue weighted by Crippen LogP contribution is -2.27. The SMILES string of the molecule is CN(c1cccc(F)c1)S(=O)(=O)Cc1ccc(N)cc1. The molecule has 20 heavy (non-hydrogen) atoms. The Labute approximate surface area is 117 Å². The van der Waals surface area contributed by atoms with Gasteiger partial charge in [-0.2, -0.15) is 0 Å². The molecule has 2 aromatic rings. The number of nitrogen functional groups attached to an aromatic ring is 1. The molecule has 2 aromatic carbocycles. The Kier molecular flexibility index (Phi) is 3.94. The van der Waals surface area contributed by atoms with Crippen molar-refractivity contribution in [1.29, 1.82) is 0 Å². The molecule has 2 N–H and O–H groups in total. The first kappa shape index (κ1) is 14.3. The van der Waals surface area contributed by atoms with Crippen molar-refractivity contribution in [3.63, 3.8) is 0 Å². The van der Waals surface area contributed by atoms with Crippen molar-refractivity contribution in [2.24, 2.45) is 0 Å². The maximum Gasteiger partial charge on any atom is 0.239 e. The van der Waals surface area contributed by atoms with E-state index >= 15 is 0 Å². The first-order valence-electron chi connectivity index (χ1n) is 5.95. The fourth-order valence-corrected chi connectivity index (χ4v) is 3.00. The summed E-state index contributed by atoms with van der Waals surface area (Å²) >= 11 is 0. The quantitative estimate of drug-likeness (QED) is 0.881. The zero-order valence-electron chi connectivity index (χ0n) is 11.0. The third kappa shape index (κ3) is 3.27. The normalized spacial score (nSPS) is 11.3. The number of nitrogens with two attached hydrogens (primary N) is 1. The summed E-state index contributed by atoms with van der Waals surface area (Å²) in [6.07, 6.45) is 0. The highest BCUT2D eigenvalue weighted by molar-refractivity contribution is 7.92. The lowest BCUT2D eigenvalue weighted by atomic mass is 10.2. The molecular formula is C14H15FN2O2S. The van der Waals surface area contributed by atoms with Crippen molar-refractivity contribution < 1.29 is 12.8 Å². The van der Waals surface area contributed by atoms with E-state index in [-0.39, 0.29) is 5.75 Å². The molecule has 0 bridgehead atoms. The van der Waals surface area contributed by atoms with Crippen LogP contribution in [0.1, 0.15) is 5.56 Å². The van der Waals surface area contributed by atoms with Crippen LogP contribution in [0.2, 0.25) is 0 Å². The van der Waals surface area contributed by atoms with Gasteiger partial charge in [0.15, 0.2) is 0 Å². The topological polar surface area (TPSA) is 63.4 Å². The summed E-state index contributed by atoms with van der Waals surface area (Å²) in [4.78, 5) is 0. The highest BCUT2D eigenvalue weighted by atomic mass is 32.2. The zero-order chi connectivity index (χ0) is 14.8. The van der Waals surface area contributed by atoms with Gasteiger partial charge in [-0.3, -0.25) is 4.31 Å². The third-order valence-electron chi connectivity index (χ3n) is 2.92. The van der Waals surface area contributed by atoms with Gasteiger partial charge >= 0.3 is 0 Å². The molecule has 0 saturated carbocycles. The van der Waals surface area contributed by atoms with Crippen molar-refractivity contribution in [2.45, 2.75) is 5.75 Å². The fourth-order valence-electron chi connectivity index (χ4n) is 1.75. The molecule has 0 fully saturated rings. The Balaban J connectivity index is 2.24. The highest BCUT2D eigenvalue weighted by Crippen LogP contribution is 2.20. The van der Waals surface area contributed by atoms with Crippen LogP contribution >= 0.6 is 0 Å². The molecule has 0 aromatic heterocycles. The molecule has 106 valence electrons. The van der Waals surface area contributed by atoms with Crippen molar-refractivity contribution in [3.05, 3.63) is 59.9 Å². The summed E-state index contributed by atoms with van der Waals surface area (Å²) in [7, 11) is -2.17. The molecule has 0 radical (unpaired) electrons. The smallest absolute Gasteiger partial charge is 0.239 e. The van der Waals surface area contributed by atoms with E-state index in [9.17, 15) is 12.8 Å². The van der Waals surface area contributed by atoms with Crippen molar-refractivity contribution >= 4 is 21.4 Å². The third-order valence-corrected chi connectivity index (χ3v) is 4.66. The van der Waals surface area contributed by atoms with E-state index in [4.69, 9.17) is 5.73 Å². The first-order valence-corrected chi connectivity index (χ1v) is 7.56. The van der Waals surface area contributed by atoms with Gasteiger partial charge in [-0.1, -0.05) is 18.2 Å². The van der Waals surface area contributed by atoms with Gasteiger partial charge in [-0.05, 0) is 35.9 Å². The number of anilines is 2. The molecule has 0 saturated heterocycles. The number of benzene rings is 2. The van der Waals surface area contributed by atoms with E-state index in [1.165, 1.54) is 25.2 Å². The summed E-state index contributed by atoms with van der Waals surface area (Å²) in [5.41, 5.74) is 7.05. The molecule has 0 heterocycles. The fraction of sp³-hybridized carbons (Fsp3) is 0.143. The maximum atomic E-state index is 13.2. The second-order valence-corrected chi connectivity index (χ2v) is 6.45. The number of sulfonamides is 1. The van der Waals surface area contributed by atoms with E-state index in [1.54, 1.807) is 30.3 Å². The minimum absolute atomic E-state index is 0.166. The lowest BCUT2D eigenvalue weighted by Gasteiger charge is -2.19. The predicted octanol–water partition coefficient (Wildman–Crippen LogP) is 2.37. The van der Waals surface area contributed by atoms with Crippen LogP contribution in [0.5, 0.6) is 0 Å². The molecular weight excluding hydrogens is 279 g/mol. The zero-order valence-corrected chi connectivity index (χ0v) is 11.8. The van der Waals surface area contributed by atoms with Crippen molar-refractivity contribution in [3.8, 4) is 0 Å². The van der Waals surface area contributed by atoms with Gasteiger partial charge in [-0.25, -0.2) is 12.8 Å². The summed E-state index contributed by atoms with van der Waals surface area (Å²) < 4.78 is 38.8. The Morgan fingerprint density at radius 2 is 1.80 bits per heavy atom. The number of hydrogen-bond acceptors (Lipinski definition) is 3. The van der Waals surface area contributed by atoms with Gasteiger partial charge in [0.05, 0.1) is 11.4 Å². The minimum atomic E-state index is -3.57. The average Bonchev–Trinajstić information content (AvgIpc) is 2.40. The monoisotopic (exact) mass is 294 g/mol.